The first-order valence-electron chi connectivity index (χ1n) is 13.0. The van der Waals surface area contributed by atoms with E-state index in [-0.39, 0.29) is 21.4 Å². The van der Waals surface area contributed by atoms with Gasteiger partial charge in [0.05, 0.1) is 0 Å². The van der Waals surface area contributed by atoms with E-state index in [0.717, 1.165) is 11.1 Å². The summed E-state index contributed by atoms with van der Waals surface area (Å²) in [7, 11) is -10.1. The molecule has 0 atom stereocenters. The van der Waals surface area contributed by atoms with Crippen LogP contribution in [0, 0.1) is 0 Å². The van der Waals surface area contributed by atoms with Crippen LogP contribution in [0.2, 0.25) is 0 Å². The lowest BCUT2D eigenvalue weighted by Crippen LogP contribution is -2.33. The molecule has 0 radical (unpaired) electrons. The molecule has 0 aliphatic heterocycles. The van der Waals surface area contributed by atoms with Crippen LogP contribution in [0.5, 0.6) is 0 Å². The van der Waals surface area contributed by atoms with Gasteiger partial charge < -0.3 is 0 Å². The standard InChI is InChI=1S/C30H48F2O4P2/c1-18(21-14-19(27(2,3)4)16-23(29(8,9)10)25(21)37(31,33)34)22-15-20(28(5,6)7)17-24(30(11,12)13)26(22)38(32,35)36/h14-18,33-36H,1-13H3/q+2. The molecule has 0 amide bonds. The summed E-state index contributed by atoms with van der Waals surface area (Å²) in [5.74, 6) is -0.782. The molecule has 214 valence electrons. The maximum absolute atomic E-state index is 15.4. The molecule has 0 saturated carbocycles. The Hall–Kier alpha value is -1.00. The van der Waals surface area contributed by atoms with Crippen LogP contribution in [-0.4, -0.2) is 19.6 Å². The van der Waals surface area contributed by atoms with Crippen molar-refractivity contribution < 1.29 is 28.0 Å². The van der Waals surface area contributed by atoms with Crippen molar-refractivity contribution in [3.8, 4) is 0 Å². The molecule has 2 aromatic carbocycles. The molecular formula is C30H48F2O4P2+2. The van der Waals surface area contributed by atoms with Gasteiger partial charge in [0.1, 0.15) is 0 Å². The summed E-state index contributed by atoms with van der Waals surface area (Å²) >= 11 is 0. The highest BCUT2D eigenvalue weighted by Crippen LogP contribution is 2.57. The van der Waals surface area contributed by atoms with Gasteiger partial charge in [-0.3, -0.25) is 0 Å². The Morgan fingerprint density at radius 2 is 0.789 bits per heavy atom. The number of benzene rings is 2. The van der Waals surface area contributed by atoms with Crippen molar-refractivity contribution in [2.75, 3.05) is 0 Å². The van der Waals surface area contributed by atoms with Gasteiger partial charge in [0, 0.05) is 36.6 Å². The third-order valence-electron chi connectivity index (χ3n) is 7.13. The lowest BCUT2D eigenvalue weighted by molar-refractivity contribution is 0.403. The van der Waals surface area contributed by atoms with Crippen LogP contribution >= 0.6 is 16.1 Å². The molecule has 0 bridgehead atoms. The molecule has 0 spiro atoms. The summed E-state index contributed by atoms with van der Waals surface area (Å²) in [6, 6.07) is 7.16. The fraction of sp³-hybridized carbons (Fsp3) is 0.600. The van der Waals surface area contributed by atoms with E-state index < -0.39 is 32.8 Å². The maximum atomic E-state index is 15.4. The van der Waals surface area contributed by atoms with Gasteiger partial charge in [-0.2, -0.15) is 19.6 Å². The van der Waals surface area contributed by atoms with Gasteiger partial charge in [-0.05, 0) is 32.8 Å². The second-order valence-corrected chi connectivity index (χ2v) is 17.7. The van der Waals surface area contributed by atoms with Crippen LogP contribution in [0.15, 0.2) is 24.3 Å². The highest BCUT2D eigenvalue weighted by atomic mass is 31.2. The SMILES string of the molecule is CC(c1cc(C(C)(C)C)cc(C(C)(C)C)c1[P+](O)(O)F)c1cc(C(C)(C)C)cc(C(C)(C)C)c1[P+](O)(O)F. The Kier molecular flexibility index (Phi) is 8.85. The van der Waals surface area contributed by atoms with Gasteiger partial charge in [0.2, 0.25) is 0 Å². The van der Waals surface area contributed by atoms with Crippen molar-refractivity contribution in [3.05, 3.63) is 57.6 Å². The minimum Gasteiger partial charge on any atom is -0.184 e. The smallest absolute Gasteiger partial charge is 0.184 e. The van der Waals surface area contributed by atoms with E-state index in [1.807, 2.05) is 95.2 Å². The van der Waals surface area contributed by atoms with Crippen LogP contribution in [0.4, 0.5) is 8.39 Å². The third kappa shape index (κ3) is 7.19. The number of hydrogen-bond donors (Lipinski definition) is 4. The first-order chi connectivity index (χ1) is 16.6. The molecular weight excluding hydrogens is 524 g/mol. The van der Waals surface area contributed by atoms with Crippen LogP contribution in [-0.2, 0) is 21.7 Å². The summed E-state index contributed by atoms with van der Waals surface area (Å²) in [4.78, 5) is 42.1. The van der Waals surface area contributed by atoms with Gasteiger partial charge in [0.15, 0.2) is 10.6 Å². The zero-order valence-electron chi connectivity index (χ0n) is 25.3. The minimum absolute atomic E-state index is 0.186. The number of halogens is 2. The molecule has 2 rings (SSSR count). The first-order valence-corrected chi connectivity index (χ1v) is 16.2. The van der Waals surface area contributed by atoms with E-state index in [0.29, 0.717) is 22.3 Å². The summed E-state index contributed by atoms with van der Waals surface area (Å²) in [6.45, 7) is 25.1. The van der Waals surface area contributed by atoms with Gasteiger partial charge in [-0.25, -0.2) is 0 Å². The number of rotatable bonds is 4. The molecule has 0 saturated heterocycles. The second kappa shape index (κ2) is 10.1. The lowest BCUT2D eigenvalue weighted by Gasteiger charge is -2.32. The molecule has 8 heteroatoms. The summed E-state index contributed by atoms with van der Waals surface area (Å²) in [5, 5.41) is -0.373. The van der Waals surface area contributed by atoms with Crippen molar-refractivity contribution in [3.63, 3.8) is 0 Å². The topological polar surface area (TPSA) is 80.9 Å². The Morgan fingerprint density at radius 1 is 0.526 bits per heavy atom. The molecule has 0 fully saturated rings. The third-order valence-corrected chi connectivity index (χ3v) is 9.27. The molecule has 0 aromatic heterocycles. The molecule has 38 heavy (non-hydrogen) atoms. The summed E-state index contributed by atoms with van der Waals surface area (Å²) in [5.41, 5.74) is 1.29. The highest BCUT2D eigenvalue weighted by molar-refractivity contribution is 7.67. The van der Waals surface area contributed by atoms with E-state index in [1.54, 1.807) is 19.1 Å². The van der Waals surface area contributed by atoms with Gasteiger partial charge in [0.25, 0.3) is 0 Å². The van der Waals surface area contributed by atoms with Crippen LogP contribution in [0.25, 0.3) is 0 Å². The van der Waals surface area contributed by atoms with E-state index >= 15 is 8.39 Å². The van der Waals surface area contributed by atoms with Crippen LogP contribution in [0.1, 0.15) is 129 Å². The van der Waals surface area contributed by atoms with Crippen molar-refractivity contribution in [1.82, 2.24) is 0 Å². The molecule has 2 aromatic rings. The quantitative estimate of drug-likeness (QED) is 0.283. The Morgan fingerprint density at radius 3 is 0.974 bits per heavy atom. The Bertz CT molecular complexity index is 1090. The Labute approximate surface area is 229 Å². The molecule has 0 heterocycles. The van der Waals surface area contributed by atoms with Crippen LogP contribution in [0.3, 0.4) is 0 Å². The van der Waals surface area contributed by atoms with Gasteiger partial charge >= 0.3 is 16.1 Å². The van der Waals surface area contributed by atoms with E-state index in [9.17, 15) is 19.6 Å². The van der Waals surface area contributed by atoms with Crippen molar-refractivity contribution in [2.24, 2.45) is 0 Å². The molecule has 0 aliphatic carbocycles. The zero-order chi connectivity index (χ0) is 30.0. The fourth-order valence-corrected chi connectivity index (χ4v) is 7.37. The summed E-state index contributed by atoms with van der Waals surface area (Å²) in [6.07, 6.45) is 0. The predicted octanol–water partition coefficient (Wildman–Crippen LogP) is 7.71. The molecule has 0 unspecified atom stereocenters. The lowest BCUT2D eigenvalue weighted by atomic mass is 9.75. The van der Waals surface area contributed by atoms with Crippen molar-refractivity contribution in [1.29, 1.82) is 0 Å². The normalized spacial score (nSPS) is 14.4. The maximum Gasteiger partial charge on any atom is 0.499 e. The monoisotopic (exact) mass is 572 g/mol. The van der Waals surface area contributed by atoms with Crippen molar-refractivity contribution >= 4 is 26.7 Å². The molecule has 4 nitrogen and oxygen atoms in total. The zero-order valence-corrected chi connectivity index (χ0v) is 27.1. The second-order valence-electron chi connectivity index (χ2n) is 14.7. The number of hydrogen-bond acceptors (Lipinski definition) is 4. The van der Waals surface area contributed by atoms with Crippen molar-refractivity contribution in [2.45, 2.75) is 118 Å². The average Bonchev–Trinajstić information content (AvgIpc) is 2.67. The first kappa shape index (κ1) is 33.2. The summed E-state index contributed by atoms with van der Waals surface area (Å²) < 4.78 is 30.8. The van der Waals surface area contributed by atoms with E-state index in [2.05, 4.69) is 0 Å². The van der Waals surface area contributed by atoms with Gasteiger partial charge in [-0.1, -0.05) is 114 Å². The van der Waals surface area contributed by atoms with E-state index in [1.165, 1.54) is 0 Å². The molecule has 0 aliphatic rings. The Balaban J connectivity index is 3.22. The van der Waals surface area contributed by atoms with Crippen LogP contribution < -0.4 is 10.6 Å². The minimum atomic E-state index is -5.04. The molecule has 4 N–H and O–H groups in total. The highest BCUT2D eigenvalue weighted by Gasteiger charge is 2.51. The fourth-order valence-electron chi connectivity index (χ4n) is 4.79. The van der Waals surface area contributed by atoms with E-state index in [4.69, 9.17) is 0 Å². The predicted molar refractivity (Wildman–Crippen MR) is 159 cm³/mol. The average molecular weight is 573 g/mol. The largest absolute Gasteiger partial charge is 0.499 e. The van der Waals surface area contributed by atoms with Gasteiger partial charge in [-0.15, -0.1) is 0 Å².